The first-order chi connectivity index (χ1) is 35.5. The Bertz CT molecular complexity index is 1040. The Labute approximate surface area is 451 Å². The molecule has 0 aliphatic heterocycles. The molecule has 0 aliphatic rings. The summed E-state index contributed by atoms with van der Waals surface area (Å²) in [5.74, 6) is -0.0357. The number of hydrogen-bond donors (Lipinski definition) is 3. The van der Waals surface area contributed by atoms with E-state index >= 15 is 0 Å². The lowest BCUT2D eigenvalue weighted by molar-refractivity contribution is -0.143. The predicted octanol–water partition coefficient (Wildman–Crippen LogP) is 21.0. The summed E-state index contributed by atoms with van der Waals surface area (Å²) in [7, 11) is 0. The number of rotatable bonds is 63. The number of hydrogen-bond acceptors (Lipinski definition) is 5. The molecule has 0 saturated heterocycles. The summed E-state index contributed by atoms with van der Waals surface area (Å²) >= 11 is 0. The number of aliphatic hydroxyl groups excluding tert-OH is 2. The van der Waals surface area contributed by atoms with Crippen molar-refractivity contribution >= 4 is 11.9 Å². The summed E-state index contributed by atoms with van der Waals surface area (Å²) in [5.41, 5.74) is 0. The summed E-state index contributed by atoms with van der Waals surface area (Å²) < 4.78 is 5.50. The van der Waals surface area contributed by atoms with Crippen LogP contribution in [0.2, 0.25) is 0 Å². The van der Waals surface area contributed by atoms with Crippen LogP contribution in [0.3, 0.4) is 0 Å². The molecule has 0 fully saturated rings. The molecule has 0 saturated carbocycles. The maximum absolute atomic E-state index is 12.5. The van der Waals surface area contributed by atoms with Crippen LogP contribution in [0, 0.1) is 0 Å². The van der Waals surface area contributed by atoms with Crippen molar-refractivity contribution in [2.45, 2.75) is 398 Å². The maximum atomic E-state index is 12.5. The van der Waals surface area contributed by atoms with E-state index in [1.165, 1.54) is 302 Å². The van der Waals surface area contributed by atoms with Crippen molar-refractivity contribution in [2.24, 2.45) is 0 Å². The highest BCUT2D eigenvalue weighted by Crippen LogP contribution is 2.19. The maximum Gasteiger partial charge on any atom is 0.305 e. The van der Waals surface area contributed by atoms with E-state index in [0.717, 1.165) is 51.4 Å². The van der Waals surface area contributed by atoms with E-state index in [2.05, 4.69) is 19.2 Å². The van der Waals surface area contributed by atoms with E-state index in [-0.39, 0.29) is 18.5 Å². The van der Waals surface area contributed by atoms with Crippen molar-refractivity contribution < 1.29 is 24.5 Å². The molecule has 2 atom stereocenters. The molecule has 0 spiro atoms. The van der Waals surface area contributed by atoms with Crippen molar-refractivity contribution in [3.63, 3.8) is 0 Å². The molecule has 0 aromatic carbocycles. The molecule has 2 unspecified atom stereocenters. The second kappa shape index (κ2) is 62.4. The second-order valence-corrected chi connectivity index (χ2v) is 23.2. The van der Waals surface area contributed by atoms with Gasteiger partial charge in [-0.1, -0.05) is 348 Å². The standard InChI is InChI=1S/C66H131NO5/c1-3-5-7-9-11-13-15-17-19-21-23-24-25-26-27-28-30-34-38-42-46-50-54-58-64(69)63(62-68)67-65(70)59-55-51-47-43-39-35-32-33-37-41-45-49-53-57-61-72-66(71)60-56-52-48-44-40-36-31-29-22-20-18-16-14-12-10-8-6-4-2/h63-64,68-69H,3-62H2,1-2H3,(H,67,70). The zero-order valence-electron chi connectivity index (χ0n) is 49.2. The molecule has 430 valence electrons. The first-order valence-electron chi connectivity index (χ1n) is 33.3. The third-order valence-corrected chi connectivity index (χ3v) is 15.9. The van der Waals surface area contributed by atoms with Gasteiger partial charge in [-0.05, 0) is 25.7 Å². The zero-order valence-corrected chi connectivity index (χ0v) is 49.2. The summed E-state index contributed by atoms with van der Waals surface area (Å²) in [6, 6.07) is -0.549. The van der Waals surface area contributed by atoms with Crippen LogP contribution in [-0.2, 0) is 14.3 Å². The van der Waals surface area contributed by atoms with Crippen molar-refractivity contribution in [3.05, 3.63) is 0 Å². The normalized spacial score (nSPS) is 12.4. The highest BCUT2D eigenvalue weighted by molar-refractivity contribution is 5.76. The summed E-state index contributed by atoms with van der Waals surface area (Å²) in [4.78, 5) is 24.6. The fraction of sp³-hybridized carbons (Fsp3) is 0.970. The molecule has 1 amide bonds. The van der Waals surface area contributed by atoms with Gasteiger partial charge in [0.1, 0.15) is 0 Å². The van der Waals surface area contributed by atoms with Crippen LogP contribution in [-0.4, -0.2) is 47.4 Å². The fourth-order valence-electron chi connectivity index (χ4n) is 10.8. The van der Waals surface area contributed by atoms with Crippen molar-refractivity contribution in [2.75, 3.05) is 13.2 Å². The monoisotopic (exact) mass is 1020 g/mol. The summed E-state index contributed by atoms with van der Waals surface area (Å²) in [5, 5.41) is 23.4. The lowest BCUT2D eigenvalue weighted by Gasteiger charge is -2.22. The van der Waals surface area contributed by atoms with Gasteiger partial charge in [0.25, 0.3) is 0 Å². The van der Waals surface area contributed by atoms with Crippen molar-refractivity contribution in [1.82, 2.24) is 5.32 Å². The number of amides is 1. The third-order valence-electron chi connectivity index (χ3n) is 15.9. The van der Waals surface area contributed by atoms with Crippen LogP contribution < -0.4 is 5.32 Å². The molecule has 0 aromatic heterocycles. The van der Waals surface area contributed by atoms with Crippen molar-refractivity contribution in [3.8, 4) is 0 Å². The van der Waals surface area contributed by atoms with Gasteiger partial charge >= 0.3 is 5.97 Å². The van der Waals surface area contributed by atoms with E-state index in [0.29, 0.717) is 25.9 Å². The Balaban J connectivity index is 3.40. The SMILES string of the molecule is CCCCCCCCCCCCCCCCCCCCCCCCCC(O)C(CO)NC(=O)CCCCCCCCCCCCCCCCOC(=O)CCCCCCCCCCCCCCCCCCCC. The Morgan fingerprint density at radius 1 is 0.333 bits per heavy atom. The first-order valence-corrected chi connectivity index (χ1v) is 33.3. The van der Waals surface area contributed by atoms with E-state index in [4.69, 9.17) is 4.74 Å². The molecule has 0 heterocycles. The summed E-state index contributed by atoms with van der Waals surface area (Å²) in [6.07, 6.45) is 74.1. The van der Waals surface area contributed by atoms with Gasteiger partial charge in [0.2, 0.25) is 5.91 Å². The molecule has 0 rings (SSSR count). The Kier molecular flexibility index (Phi) is 61.4. The Morgan fingerprint density at radius 3 is 0.847 bits per heavy atom. The number of aliphatic hydroxyl groups is 2. The molecule has 0 bridgehead atoms. The van der Waals surface area contributed by atoms with Crippen LogP contribution in [0.25, 0.3) is 0 Å². The molecule has 0 aromatic rings. The predicted molar refractivity (Wildman–Crippen MR) is 315 cm³/mol. The van der Waals surface area contributed by atoms with Gasteiger partial charge in [-0.25, -0.2) is 0 Å². The highest BCUT2D eigenvalue weighted by atomic mass is 16.5. The van der Waals surface area contributed by atoms with Gasteiger partial charge in [0.05, 0.1) is 25.4 Å². The average Bonchev–Trinajstić information content (AvgIpc) is 3.38. The van der Waals surface area contributed by atoms with Gasteiger partial charge in [0.15, 0.2) is 0 Å². The minimum atomic E-state index is -0.671. The Morgan fingerprint density at radius 2 is 0.569 bits per heavy atom. The minimum Gasteiger partial charge on any atom is -0.466 e. The molecular formula is C66H131NO5. The quantitative estimate of drug-likeness (QED) is 0.0417. The molecule has 0 radical (unpaired) electrons. The molecular weight excluding hydrogens is 887 g/mol. The van der Waals surface area contributed by atoms with Crippen LogP contribution >= 0.6 is 0 Å². The van der Waals surface area contributed by atoms with Crippen LogP contribution in [0.4, 0.5) is 0 Å². The lowest BCUT2D eigenvalue weighted by atomic mass is 10.0. The van der Waals surface area contributed by atoms with Gasteiger partial charge in [-0.15, -0.1) is 0 Å². The lowest BCUT2D eigenvalue weighted by Crippen LogP contribution is -2.45. The summed E-state index contributed by atoms with van der Waals surface area (Å²) in [6.45, 7) is 4.98. The largest absolute Gasteiger partial charge is 0.466 e. The fourth-order valence-corrected chi connectivity index (χ4v) is 10.8. The Hall–Kier alpha value is -1.14. The number of unbranched alkanes of at least 4 members (excludes halogenated alkanes) is 52. The van der Waals surface area contributed by atoms with Crippen LogP contribution in [0.5, 0.6) is 0 Å². The van der Waals surface area contributed by atoms with E-state index in [9.17, 15) is 19.8 Å². The van der Waals surface area contributed by atoms with E-state index in [1.807, 2.05) is 0 Å². The van der Waals surface area contributed by atoms with Gasteiger partial charge < -0.3 is 20.3 Å². The molecule has 0 aliphatic carbocycles. The van der Waals surface area contributed by atoms with Gasteiger partial charge in [0, 0.05) is 12.8 Å². The number of esters is 1. The van der Waals surface area contributed by atoms with E-state index < -0.39 is 12.1 Å². The van der Waals surface area contributed by atoms with Gasteiger partial charge in [-0.3, -0.25) is 9.59 Å². The second-order valence-electron chi connectivity index (χ2n) is 23.2. The smallest absolute Gasteiger partial charge is 0.305 e. The average molecular weight is 1020 g/mol. The highest BCUT2D eigenvalue weighted by Gasteiger charge is 2.20. The number of ether oxygens (including phenoxy) is 1. The number of nitrogens with one attached hydrogen (secondary N) is 1. The third kappa shape index (κ3) is 58.1. The van der Waals surface area contributed by atoms with Crippen LogP contribution in [0.15, 0.2) is 0 Å². The zero-order chi connectivity index (χ0) is 52.2. The molecule has 6 heteroatoms. The topological polar surface area (TPSA) is 95.9 Å². The van der Waals surface area contributed by atoms with Crippen molar-refractivity contribution in [1.29, 1.82) is 0 Å². The number of carbonyl (C=O) groups excluding carboxylic acids is 2. The minimum absolute atomic E-state index is 0.00408. The van der Waals surface area contributed by atoms with Gasteiger partial charge in [-0.2, -0.15) is 0 Å². The van der Waals surface area contributed by atoms with E-state index in [1.54, 1.807) is 0 Å². The van der Waals surface area contributed by atoms with Crippen LogP contribution in [0.1, 0.15) is 386 Å². The first kappa shape index (κ1) is 70.9. The number of carbonyl (C=O) groups is 2. The molecule has 72 heavy (non-hydrogen) atoms. The molecule has 6 nitrogen and oxygen atoms in total. The molecule has 3 N–H and O–H groups in total.